The van der Waals surface area contributed by atoms with Crippen molar-refractivity contribution in [2.45, 2.75) is 44.0 Å². The van der Waals surface area contributed by atoms with Crippen LogP contribution in [0.25, 0.3) is 0 Å². The molecule has 0 saturated carbocycles. The molecule has 24 heavy (non-hydrogen) atoms. The van der Waals surface area contributed by atoms with Gasteiger partial charge in [-0.1, -0.05) is 0 Å². The number of carbonyl (C=O) groups excluding carboxylic acids is 1. The maximum Gasteiger partial charge on any atom is 0.534 e. The molecule has 1 rings (SSSR count). The predicted octanol–water partition coefficient (Wildman–Crippen LogP) is 2.76. The number of carbonyl (C=O) groups is 1. The van der Waals surface area contributed by atoms with Crippen molar-refractivity contribution in [2.24, 2.45) is 0 Å². The molecule has 1 atom stereocenters. The average molecular weight is 386 g/mol. The van der Waals surface area contributed by atoms with E-state index >= 15 is 0 Å². The molecule has 13 heteroatoms. The summed E-state index contributed by atoms with van der Waals surface area (Å²) in [5.41, 5.74) is -8.04. The average Bonchev–Trinajstić information content (AvgIpc) is 2.61. The lowest BCUT2D eigenvalue weighted by Gasteiger charge is -2.25. The molecule has 1 aliphatic heterocycles. The smallest absolute Gasteiger partial charge is 0.477 e. The molecule has 1 unspecified atom stereocenters. The van der Waals surface area contributed by atoms with Crippen LogP contribution in [0.3, 0.4) is 0 Å². The van der Waals surface area contributed by atoms with Gasteiger partial charge in [-0.2, -0.15) is 34.8 Å². The molecule has 1 heterocycles. The Hall–Kier alpha value is -1.66. The quantitative estimate of drug-likeness (QED) is 0.313. The highest BCUT2D eigenvalue weighted by Crippen LogP contribution is 2.43. The maximum absolute atomic E-state index is 12.5. The summed E-state index contributed by atoms with van der Waals surface area (Å²) >= 11 is 0. The number of hydrogen-bond donors (Lipinski definition) is 0. The van der Waals surface area contributed by atoms with E-state index in [1.807, 2.05) is 0 Å². The first-order valence-electron chi connectivity index (χ1n) is 6.27. The minimum absolute atomic E-state index is 0.277. The molecule has 140 valence electrons. The van der Waals surface area contributed by atoms with Crippen LogP contribution in [0.1, 0.15) is 26.7 Å². The molecule has 0 N–H and O–H groups in total. The molecule has 0 radical (unpaired) electrons. The molecule has 6 nitrogen and oxygen atoms in total. The molecular formula is C11H12F6O6S. The van der Waals surface area contributed by atoms with Crippen LogP contribution in [0.5, 0.6) is 0 Å². The summed E-state index contributed by atoms with van der Waals surface area (Å²) in [5, 5.41) is 0. The molecule has 0 aromatic carbocycles. The molecule has 0 aromatic heterocycles. The summed E-state index contributed by atoms with van der Waals surface area (Å²) in [4.78, 5) is 11.6. The number of ether oxygens (including phenoxy) is 2. The molecule has 0 saturated heterocycles. The first-order valence-corrected chi connectivity index (χ1v) is 7.68. The fourth-order valence-corrected chi connectivity index (χ4v) is 2.38. The van der Waals surface area contributed by atoms with Crippen molar-refractivity contribution in [3.8, 4) is 0 Å². The van der Waals surface area contributed by atoms with Crippen LogP contribution in [0.4, 0.5) is 26.3 Å². The van der Waals surface area contributed by atoms with Gasteiger partial charge in [0.1, 0.15) is 5.60 Å². The minimum atomic E-state index is -6.18. The molecule has 1 aliphatic rings. The van der Waals surface area contributed by atoms with Crippen molar-refractivity contribution in [1.29, 1.82) is 0 Å². The van der Waals surface area contributed by atoms with E-state index in [1.54, 1.807) is 0 Å². The van der Waals surface area contributed by atoms with E-state index in [0.29, 0.717) is 0 Å². The zero-order chi connectivity index (χ0) is 19.0. The van der Waals surface area contributed by atoms with Crippen molar-refractivity contribution < 1.29 is 53.2 Å². The Morgan fingerprint density at radius 2 is 1.79 bits per heavy atom. The standard InChI is InChI=1S/C11H12F6O6S/c1-3-21-8(18)7-6(23-24(19,20)11(15,16)17)4-9(2,22-7)5-10(12,13)14/h3-5H2,1-2H3. The Morgan fingerprint density at radius 3 is 2.21 bits per heavy atom. The molecule has 0 fully saturated rings. The van der Waals surface area contributed by atoms with Crippen molar-refractivity contribution >= 4 is 16.1 Å². The second-order valence-corrected chi connectivity index (χ2v) is 6.51. The van der Waals surface area contributed by atoms with E-state index in [1.165, 1.54) is 6.92 Å². The van der Waals surface area contributed by atoms with Gasteiger partial charge < -0.3 is 13.7 Å². The van der Waals surface area contributed by atoms with Gasteiger partial charge in [0.15, 0.2) is 5.76 Å². The lowest BCUT2D eigenvalue weighted by Crippen LogP contribution is -2.32. The van der Waals surface area contributed by atoms with Gasteiger partial charge in [-0.3, -0.25) is 0 Å². The Bertz CT molecular complexity index is 634. The SMILES string of the molecule is CCOC(=O)C1=C(OS(=O)(=O)C(F)(F)F)CC(C)(CC(F)(F)F)O1. The van der Waals surface area contributed by atoms with Crippen LogP contribution >= 0.6 is 0 Å². The Balaban J connectivity index is 3.18. The number of hydrogen-bond acceptors (Lipinski definition) is 6. The summed E-state index contributed by atoms with van der Waals surface area (Å²) in [6, 6.07) is 0. The van der Waals surface area contributed by atoms with Gasteiger partial charge in [-0.05, 0) is 13.8 Å². The van der Waals surface area contributed by atoms with Gasteiger partial charge in [0.2, 0.25) is 5.76 Å². The topological polar surface area (TPSA) is 78.9 Å². The van der Waals surface area contributed by atoms with Crippen LogP contribution in [0, 0.1) is 0 Å². The normalized spacial score (nSPS) is 22.3. The molecule has 0 bridgehead atoms. The van der Waals surface area contributed by atoms with Crippen LogP contribution in [0.15, 0.2) is 11.5 Å². The Morgan fingerprint density at radius 1 is 1.25 bits per heavy atom. The van der Waals surface area contributed by atoms with E-state index in [2.05, 4.69) is 8.92 Å². The highest BCUT2D eigenvalue weighted by Gasteiger charge is 2.53. The molecular weight excluding hydrogens is 374 g/mol. The lowest BCUT2D eigenvalue weighted by atomic mass is 9.98. The third-order valence-electron chi connectivity index (χ3n) is 2.67. The first kappa shape index (κ1) is 20.4. The number of esters is 1. The van der Waals surface area contributed by atoms with E-state index in [0.717, 1.165) is 6.92 Å². The third-order valence-corrected chi connectivity index (χ3v) is 3.65. The predicted molar refractivity (Wildman–Crippen MR) is 64.5 cm³/mol. The van der Waals surface area contributed by atoms with Crippen molar-refractivity contribution in [3.63, 3.8) is 0 Å². The third kappa shape index (κ3) is 4.92. The van der Waals surface area contributed by atoms with E-state index in [-0.39, 0.29) is 6.61 Å². The van der Waals surface area contributed by atoms with Crippen molar-refractivity contribution in [1.82, 2.24) is 0 Å². The van der Waals surface area contributed by atoms with Crippen LogP contribution in [-0.4, -0.2) is 38.3 Å². The van der Waals surface area contributed by atoms with Gasteiger partial charge in [0, 0.05) is 0 Å². The maximum atomic E-state index is 12.5. The molecule has 0 aliphatic carbocycles. The number of alkyl halides is 6. The fraction of sp³-hybridized carbons (Fsp3) is 0.727. The summed E-state index contributed by atoms with van der Waals surface area (Å²) in [5.74, 6) is -3.77. The van der Waals surface area contributed by atoms with Crippen LogP contribution < -0.4 is 0 Å². The van der Waals surface area contributed by atoms with Gasteiger partial charge in [0.25, 0.3) is 0 Å². The molecule has 0 aromatic rings. The zero-order valence-corrected chi connectivity index (χ0v) is 13.1. The Labute approximate surface area is 132 Å². The molecule has 0 spiro atoms. The van der Waals surface area contributed by atoms with E-state index in [9.17, 15) is 39.6 Å². The second-order valence-electron chi connectivity index (χ2n) is 4.98. The largest absolute Gasteiger partial charge is 0.534 e. The highest BCUT2D eigenvalue weighted by molar-refractivity contribution is 7.87. The zero-order valence-electron chi connectivity index (χ0n) is 12.2. The lowest BCUT2D eigenvalue weighted by molar-refractivity contribution is -0.176. The van der Waals surface area contributed by atoms with Crippen LogP contribution in [0.2, 0.25) is 0 Å². The number of rotatable bonds is 5. The monoisotopic (exact) mass is 386 g/mol. The Kier molecular flexibility index (Phi) is 5.38. The number of halogens is 6. The second kappa shape index (κ2) is 6.33. The van der Waals surface area contributed by atoms with Crippen molar-refractivity contribution in [3.05, 3.63) is 11.5 Å². The van der Waals surface area contributed by atoms with E-state index < -0.39 is 57.7 Å². The summed E-state index contributed by atoms with van der Waals surface area (Å²) < 4.78 is 110. The highest BCUT2D eigenvalue weighted by atomic mass is 32.2. The van der Waals surface area contributed by atoms with Gasteiger partial charge >= 0.3 is 27.8 Å². The van der Waals surface area contributed by atoms with Gasteiger partial charge in [-0.25, -0.2) is 4.79 Å². The van der Waals surface area contributed by atoms with E-state index in [4.69, 9.17) is 4.74 Å². The van der Waals surface area contributed by atoms with Crippen LogP contribution in [-0.2, 0) is 28.6 Å². The van der Waals surface area contributed by atoms with Gasteiger partial charge in [-0.15, -0.1) is 0 Å². The van der Waals surface area contributed by atoms with Crippen molar-refractivity contribution in [2.75, 3.05) is 6.61 Å². The first-order chi connectivity index (χ1) is 10.6. The summed E-state index contributed by atoms with van der Waals surface area (Å²) in [6.45, 7) is 1.88. The summed E-state index contributed by atoms with van der Waals surface area (Å²) in [6.07, 6.45) is -7.45. The summed E-state index contributed by atoms with van der Waals surface area (Å²) in [7, 11) is -6.18. The minimum Gasteiger partial charge on any atom is -0.477 e. The van der Waals surface area contributed by atoms with Gasteiger partial charge in [0.05, 0.1) is 19.4 Å². The fourth-order valence-electron chi connectivity index (χ4n) is 1.88. The molecule has 0 amide bonds.